The number of rotatable bonds is 9. The number of aryl methyl sites for hydroxylation is 1. The molecule has 0 saturated carbocycles. The van der Waals surface area contributed by atoms with Gasteiger partial charge in [-0.2, -0.15) is 0 Å². The highest BCUT2D eigenvalue weighted by molar-refractivity contribution is 5.98. The second-order valence-electron chi connectivity index (χ2n) is 9.41. The quantitative estimate of drug-likeness (QED) is 0.303. The van der Waals surface area contributed by atoms with Gasteiger partial charge >= 0.3 is 11.6 Å². The molecule has 0 radical (unpaired) electrons. The lowest BCUT2D eigenvalue weighted by molar-refractivity contribution is -0.150. The van der Waals surface area contributed by atoms with Crippen LogP contribution in [-0.2, 0) is 20.7 Å². The number of piperidine rings is 1. The highest BCUT2D eigenvalue weighted by Gasteiger charge is 2.32. The van der Waals surface area contributed by atoms with E-state index in [0.717, 1.165) is 61.8 Å². The number of carbonyl (C=O) groups is 2. The monoisotopic (exact) mass is 484 g/mol. The predicted molar refractivity (Wildman–Crippen MR) is 134 cm³/mol. The van der Waals surface area contributed by atoms with Crippen molar-refractivity contribution in [2.45, 2.75) is 58.8 Å². The summed E-state index contributed by atoms with van der Waals surface area (Å²) in [6.07, 6.45) is 6.32. The van der Waals surface area contributed by atoms with Crippen LogP contribution < -0.4 is 15.3 Å². The fourth-order valence-electron chi connectivity index (χ4n) is 5.09. The summed E-state index contributed by atoms with van der Waals surface area (Å²) >= 11 is 0. The van der Waals surface area contributed by atoms with Gasteiger partial charge in [0.25, 0.3) is 0 Å². The van der Waals surface area contributed by atoms with Gasteiger partial charge in [-0.1, -0.05) is 19.8 Å². The van der Waals surface area contributed by atoms with Gasteiger partial charge in [-0.3, -0.25) is 14.5 Å². The van der Waals surface area contributed by atoms with Crippen LogP contribution in [0.1, 0.15) is 57.9 Å². The van der Waals surface area contributed by atoms with Crippen molar-refractivity contribution in [1.82, 2.24) is 4.90 Å². The van der Waals surface area contributed by atoms with E-state index in [1.54, 1.807) is 17.9 Å². The third-order valence-electron chi connectivity index (χ3n) is 6.84. The minimum atomic E-state index is -0.486. The maximum atomic E-state index is 13.4. The van der Waals surface area contributed by atoms with Crippen molar-refractivity contribution >= 4 is 28.5 Å². The summed E-state index contributed by atoms with van der Waals surface area (Å²) in [5.74, 6) is 0.184. The first-order valence-electron chi connectivity index (χ1n) is 12.9. The highest BCUT2D eigenvalue weighted by atomic mass is 16.5. The number of likely N-dealkylation sites (tertiary alicyclic amines) is 1. The Morgan fingerprint density at radius 1 is 1.14 bits per heavy atom. The van der Waals surface area contributed by atoms with Gasteiger partial charge in [-0.05, 0) is 69.3 Å². The molecule has 1 aromatic carbocycles. The van der Waals surface area contributed by atoms with Gasteiger partial charge in [0.05, 0.1) is 25.7 Å². The maximum absolute atomic E-state index is 13.4. The van der Waals surface area contributed by atoms with E-state index in [1.165, 1.54) is 0 Å². The van der Waals surface area contributed by atoms with E-state index in [2.05, 4.69) is 6.92 Å². The summed E-state index contributed by atoms with van der Waals surface area (Å²) in [6, 6.07) is 5.52. The molecule has 0 N–H and O–H groups in total. The SMILES string of the molecule is CCCCCOc1ccc2oc(=O)c3c(c2c1)CCCN3C(=O)CN1CCC[C@@H](C(=O)OCC)C1. The molecular formula is C27H36N2O6. The molecular weight excluding hydrogens is 448 g/mol. The van der Waals surface area contributed by atoms with Crippen LogP contribution in [0.3, 0.4) is 0 Å². The van der Waals surface area contributed by atoms with Crippen molar-refractivity contribution in [3.8, 4) is 5.75 Å². The Morgan fingerprint density at radius 3 is 2.80 bits per heavy atom. The second-order valence-corrected chi connectivity index (χ2v) is 9.41. The number of anilines is 1. The van der Waals surface area contributed by atoms with Crippen LogP contribution in [0.25, 0.3) is 11.0 Å². The van der Waals surface area contributed by atoms with E-state index in [1.807, 2.05) is 17.0 Å². The minimum Gasteiger partial charge on any atom is -0.494 e. The molecule has 0 spiro atoms. The number of fused-ring (bicyclic) bond motifs is 3. The van der Waals surface area contributed by atoms with Crippen molar-refractivity contribution in [2.24, 2.45) is 5.92 Å². The fourth-order valence-corrected chi connectivity index (χ4v) is 5.09. The zero-order valence-electron chi connectivity index (χ0n) is 20.8. The largest absolute Gasteiger partial charge is 0.494 e. The van der Waals surface area contributed by atoms with Gasteiger partial charge < -0.3 is 18.8 Å². The number of carbonyl (C=O) groups excluding carboxylic acids is 2. The van der Waals surface area contributed by atoms with Gasteiger partial charge in [0.1, 0.15) is 17.0 Å². The molecule has 8 nitrogen and oxygen atoms in total. The molecule has 8 heteroatoms. The molecule has 3 heterocycles. The molecule has 1 fully saturated rings. The van der Waals surface area contributed by atoms with Crippen LogP contribution >= 0.6 is 0 Å². The van der Waals surface area contributed by atoms with Crippen LogP contribution in [0.15, 0.2) is 27.4 Å². The van der Waals surface area contributed by atoms with E-state index in [-0.39, 0.29) is 24.3 Å². The molecule has 35 heavy (non-hydrogen) atoms. The number of nitrogens with zero attached hydrogens (tertiary/aromatic N) is 2. The van der Waals surface area contributed by atoms with Crippen molar-refractivity contribution in [1.29, 1.82) is 0 Å². The van der Waals surface area contributed by atoms with E-state index in [0.29, 0.717) is 44.0 Å². The zero-order valence-corrected chi connectivity index (χ0v) is 20.8. The fraction of sp³-hybridized carbons (Fsp3) is 0.593. The summed E-state index contributed by atoms with van der Waals surface area (Å²) in [5.41, 5.74) is 1.21. The number of unbranched alkanes of at least 4 members (excludes halogenated alkanes) is 2. The van der Waals surface area contributed by atoms with E-state index < -0.39 is 5.63 Å². The molecule has 1 saturated heterocycles. The van der Waals surface area contributed by atoms with E-state index in [4.69, 9.17) is 13.9 Å². The summed E-state index contributed by atoms with van der Waals surface area (Å²) in [7, 11) is 0. The van der Waals surface area contributed by atoms with Crippen LogP contribution in [0.4, 0.5) is 5.69 Å². The average Bonchev–Trinajstić information content (AvgIpc) is 2.87. The van der Waals surface area contributed by atoms with E-state index in [9.17, 15) is 14.4 Å². The molecule has 2 aliphatic rings. The van der Waals surface area contributed by atoms with Crippen LogP contribution in [0.5, 0.6) is 5.75 Å². The average molecular weight is 485 g/mol. The minimum absolute atomic E-state index is 0.144. The van der Waals surface area contributed by atoms with Crippen LogP contribution in [0.2, 0.25) is 0 Å². The van der Waals surface area contributed by atoms with E-state index >= 15 is 0 Å². The lowest BCUT2D eigenvalue weighted by atomic mass is 9.97. The third kappa shape index (κ3) is 5.86. The first kappa shape index (κ1) is 25.2. The second kappa shape index (κ2) is 11.7. The molecule has 1 amide bonds. The van der Waals surface area contributed by atoms with Crippen LogP contribution in [-0.4, -0.2) is 56.2 Å². The predicted octanol–water partition coefficient (Wildman–Crippen LogP) is 3.92. The Morgan fingerprint density at radius 2 is 2.00 bits per heavy atom. The molecule has 4 rings (SSSR count). The third-order valence-corrected chi connectivity index (χ3v) is 6.84. The Labute approximate surface area is 206 Å². The van der Waals surface area contributed by atoms with Gasteiger partial charge in [0, 0.05) is 18.5 Å². The number of amides is 1. The number of ether oxygens (including phenoxy) is 2. The molecule has 2 aromatic rings. The Balaban J connectivity index is 1.53. The molecule has 1 aromatic heterocycles. The number of esters is 1. The molecule has 2 aliphatic heterocycles. The highest BCUT2D eigenvalue weighted by Crippen LogP contribution is 2.33. The van der Waals surface area contributed by atoms with Crippen LogP contribution in [0, 0.1) is 5.92 Å². The molecule has 0 unspecified atom stereocenters. The molecule has 0 bridgehead atoms. The summed E-state index contributed by atoms with van der Waals surface area (Å²) < 4.78 is 16.7. The molecule has 0 aliphatic carbocycles. The normalized spacial score (nSPS) is 18.3. The maximum Gasteiger partial charge on any atom is 0.360 e. The summed E-state index contributed by atoms with van der Waals surface area (Å²) in [4.78, 5) is 42.1. The van der Waals surface area contributed by atoms with Gasteiger partial charge in [-0.15, -0.1) is 0 Å². The smallest absolute Gasteiger partial charge is 0.360 e. The lowest BCUT2D eigenvalue weighted by Crippen LogP contribution is -2.48. The topological polar surface area (TPSA) is 89.3 Å². The van der Waals surface area contributed by atoms with Gasteiger partial charge in [0.2, 0.25) is 5.91 Å². The Kier molecular flexibility index (Phi) is 8.44. The number of hydrogen-bond donors (Lipinski definition) is 0. The summed E-state index contributed by atoms with van der Waals surface area (Å²) in [6.45, 7) is 6.83. The molecule has 190 valence electrons. The Bertz CT molecular complexity index is 1110. The Hall–Kier alpha value is -2.87. The van der Waals surface area contributed by atoms with Crippen molar-refractivity contribution in [3.05, 3.63) is 34.2 Å². The standard InChI is InChI=1S/C27H36N2O6/c1-3-5-6-15-34-20-11-12-23-22(16-20)21-10-8-14-29(25(21)27(32)35-23)24(30)18-28-13-7-9-19(17-28)26(31)33-4-2/h11-12,16,19H,3-10,13-15,17-18H2,1-2H3/t19-/m1/s1. The lowest BCUT2D eigenvalue weighted by Gasteiger charge is -2.34. The number of benzene rings is 1. The van der Waals surface area contributed by atoms with Gasteiger partial charge in [0.15, 0.2) is 0 Å². The summed E-state index contributed by atoms with van der Waals surface area (Å²) in [5, 5.41) is 0.824. The first-order valence-corrected chi connectivity index (χ1v) is 12.9. The van der Waals surface area contributed by atoms with Crippen molar-refractivity contribution < 1.29 is 23.5 Å². The molecule has 1 atom stereocenters. The van der Waals surface area contributed by atoms with Gasteiger partial charge in [-0.25, -0.2) is 4.79 Å². The number of hydrogen-bond acceptors (Lipinski definition) is 7. The first-order chi connectivity index (χ1) is 17.0. The zero-order chi connectivity index (χ0) is 24.8. The van der Waals surface area contributed by atoms with Crippen molar-refractivity contribution in [2.75, 3.05) is 44.3 Å². The van der Waals surface area contributed by atoms with Crippen molar-refractivity contribution in [3.63, 3.8) is 0 Å².